The fraction of sp³-hybridized carbons (Fsp3) is 0.308. The molecule has 7 heteroatoms. The minimum atomic E-state index is -3.72. The molecule has 1 aromatic rings. The molecule has 0 radical (unpaired) electrons. The Morgan fingerprint density at radius 2 is 2.10 bits per heavy atom. The molecule has 20 heavy (non-hydrogen) atoms. The lowest BCUT2D eigenvalue weighted by atomic mass is 10.1. The van der Waals surface area contributed by atoms with Crippen molar-refractivity contribution in [2.24, 2.45) is 0 Å². The van der Waals surface area contributed by atoms with Gasteiger partial charge in [-0.2, -0.15) is 4.31 Å². The lowest BCUT2D eigenvalue weighted by Gasteiger charge is -2.17. The van der Waals surface area contributed by atoms with Crippen LogP contribution in [-0.4, -0.2) is 44.0 Å². The summed E-state index contributed by atoms with van der Waals surface area (Å²) in [5, 5.41) is 19.2. The van der Waals surface area contributed by atoms with Crippen molar-refractivity contribution in [1.82, 2.24) is 4.31 Å². The number of aliphatic carboxylic acids is 1. The number of carbonyl (C=O) groups excluding carboxylic acids is 1. The molecule has 0 heterocycles. The fourth-order valence-corrected chi connectivity index (χ4v) is 3.01. The number of sulfonamides is 1. The third-order valence-corrected chi connectivity index (χ3v) is 4.73. The van der Waals surface area contributed by atoms with Crippen LogP contribution in [0.5, 0.6) is 0 Å². The highest BCUT2D eigenvalue weighted by Gasteiger charge is 2.22. The lowest BCUT2D eigenvalue weighted by molar-refractivity contribution is -0.297. The maximum absolute atomic E-state index is 12.3. The number of likely N-dealkylation sites (N-methyl/N-ethyl adjacent to an activating group) is 1. The highest BCUT2D eigenvalue weighted by molar-refractivity contribution is 7.89. The van der Waals surface area contributed by atoms with Crippen LogP contribution in [0.15, 0.2) is 29.2 Å². The Morgan fingerprint density at radius 3 is 2.65 bits per heavy atom. The number of hydrogen-bond acceptors (Lipinski definition) is 5. The van der Waals surface area contributed by atoms with E-state index in [0.29, 0.717) is 11.1 Å². The second-order valence-corrected chi connectivity index (χ2v) is 6.24. The predicted molar refractivity (Wildman–Crippen MR) is 72.1 cm³/mol. The predicted octanol–water partition coefficient (Wildman–Crippen LogP) is -0.629. The van der Waals surface area contributed by atoms with Crippen LogP contribution in [0, 0.1) is 6.92 Å². The number of hydrogen-bond donors (Lipinski definition) is 1. The van der Waals surface area contributed by atoms with Crippen LogP contribution in [0.1, 0.15) is 11.1 Å². The van der Waals surface area contributed by atoms with Crippen LogP contribution in [0.25, 0.3) is 6.08 Å². The molecule has 0 saturated carbocycles. The Labute approximate surface area is 118 Å². The van der Waals surface area contributed by atoms with Gasteiger partial charge in [-0.15, -0.1) is 0 Å². The van der Waals surface area contributed by atoms with Gasteiger partial charge in [-0.25, -0.2) is 8.42 Å². The summed E-state index contributed by atoms with van der Waals surface area (Å²) in [6, 6.07) is 4.59. The normalized spacial score (nSPS) is 12.2. The molecule has 0 atom stereocenters. The average molecular weight is 298 g/mol. The van der Waals surface area contributed by atoms with E-state index < -0.39 is 16.0 Å². The van der Waals surface area contributed by atoms with Crippen LogP contribution < -0.4 is 5.11 Å². The summed E-state index contributed by atoms with van der Waals surface area (Å²) >= 11 is 0. The topological polar surface area (TPSA) is 97.7 Å². The summed E-state index contributed by atoms with van der Waals surface area (Å²) in [6.07, 6.45) is 2.10. The Morgan fingerprint density at radius 1 is 1.45 bits per heavy atom. The maximum Gasteiger partial charge on any atom is 0.243 e. The molecule has 0 amide bonds. The third kappa shape index (κ3) is 3.89. The summed E-state index contributed by atoms with van der Waals surface area (Å²) in [5.41, 5.74) is 0.983. The van der Waals surface area contributed by atoms with E-state index in [1.165, 1.54) is 19.2 Å². The van der Waals surface area contributed by atoms with Gasteiger partial charge >= 0.3 is 0 Å². The molecule has 0 saturated heterocycles. The molecule has 1 aromatic carbocycles. The molecule has 1 N–H and O–H groups in total. The van der Waals surface area contributed by atoms with Crippen molar-refractivity contribution in [3.05, 3.63) is 35.4 Å². The van der Waals surface area contributed by atoms with E-state index in [1.807, 2.05) is 0 Å². The molecule has 110 valence electrons. The second-order valence-electron chi connectivity index (χ2n) is 4.23. The van der Waals surface area contributed by atoms with Crippen molar-refractivity contribution in [3.8, 4) is 0 Å². The van der Waals surface area contributed by atoms with E-state index >= 15 is 0 Å². The molecule has 0 aromatic heterocycles. The number of aryl methyl sites for hydroxylation is 1. The first-order valence-corrected chi connectivity index (χ1v) is 7.30. The van der Waals surface area contributed by atoms with Gasteiger partial charge in [-0.3, -0.25) is 0 Å². The van der Waals surface area contributed by atoms with Gasteiger partial charge < -0.3 is 15.0 Å². The van der Waals surface area contributed by atoms with Gasteiger partial charge in [0, 0.05) is 13.6 Å². The molecule has 0 aliphatic carbocycles. The van der Waals surface area contributed by atoms with E-state index in [0.717, 1.165) is 10.4 Å². The smallest absolute Gasteiger partial charge is 0.243 e. The Hall–Kier alpha value is -1.70. The minimum absolute atomic E-state index is 0.0130. The first-order chi connectivity index (χ1) is 9.28. The van der Waals surface area contributed by atoms with E-state index in [9.17, 15) is 18.3 Å². The molecule has 0 spiro atoms. The molecule has 6 nitrogen and oxygen atoms in total. The molecule has 0 fully saturated rings. The van der Waals surface area contributed by atoms with Crippen molar-refractivity contribution in [1.29, 1.82) is 0 Å². The van der Waals surface area contributed by atoms with Crippen LogP contribution in [-0.2, 0) is 14.8 Å². The molecular weight excluding hydrogens is 282 g/mol. The van der Waals surface area contributed by atoms with Gasteiger partial charge in [0.1, 0.15) is 0 Å². The number of carboxylic acids is 1. The fourth-order valence-electron chi connectivity index (χ4n) is 1.59. The van der Waals surface area contributed by atoms with Gasteiger partial charge in [0.15, 0.2) is 0 Å². The van der Waals surface area contributed by atoms with Gasteiger partial charge in [0.2, 0.25) is 10.0 Å². The minimum Gasteiger partial charge on any atom is -0.545 e. The van der Waals surface area contributed by atoms with Crippen molar-refractivity contribution >= 4 is 22.1 Å². The maximum atomic E-state index is 12.3. The first-order valence-electron chi connectivity index (χ1n) is 5.86. The summed E-state index contributed by atoms with van der Waals surface area (Å²) < 4.78 is 25.6. The van der Waals surface area contributed by atoms with Crippen LogP contribution in [0.2, 0.25) is 0 Å². The molecule has 0 bridgehead atoms. The monoisotopic (exact) mass is 298 g/mol. The van der Waals surface area contributed by atoms with Crippen molar-refractivity contribution in [2.45, 2.75) is 11.8 Å². The standard InChI is InChI=1S/C13H17NO5S/c1-10-3-4-11(5-6-13(16)17)9-12(10)20(18,19)14(2)7-8-15/h3-6,9,15H,7-8H2,1-2H3,(H,16,17)/p-1/b6-5+. The van der Waals surface area contributed by atoms with Crippen LogP contribution in [0.4, 0.5) is 0 Å². The molecule has 0 aliphatic rings. The Bertz CT molecular complexity index is 622. The second kappa shape index (κ2) is 6.65. The summed E-state index contributed by atoms with van der Waals surface area (Å²) in [7, 11) is -2.35. The summed E-state index contributed by atoms with van der Waals surface area (Å²) in [6.45, 7) is 1.35. The van der Waals surface area contributed by atoms with Gasteiger partial charge in [-0.05, 0) is 30.2 Å². The zero-order valence-electron chi connectivity index (χ0n) is 11.2. The van der Waals surface area contributed by atoms with E-state index in [-0.39, 0.29) is 18.0 Å². The zero-order valence-corrected chi connectivity index (χ0v) is 12.1. The summed E-state index contributed by atoms with van der Waals surface area (Å²) in [4.78, 5) is 10.4. The van der Waals surface area contributed by atoms with E-state index in [1.54, 1.807) is 19.1 Å². The number of benzene rings is 1. The quantitative estimate of drug-likeness (QED) is 0.705. The average Bonchev–Trinajstić information content (AvgIpc) is 2.37. The van der Waals surface area contributed by atoms with E-state index in [4.69, 9.17) is 5.11 Å². The Kier molecular flexibility index (Phi) is 5.43. The zero-order chi connectivity index (χ0) is 15.3. The first kappa shape index (κ1) is 16.4. The highest BCUT2D eigenvalue weighted by atomic mass is 32.2. The highest BCUT2D eigenvalue weighted by Crippen LogP contribution is 2.21. The molecular formula is C13H16NO5S-. The third-order valence-electron chi connectivity index (χ3n) is 2.73. The van der Waals surface area contributed by atoms with E-state index in [2.05, 4.69) is 0 Å². The van der Waals surface area contributed by atoms with Crippen molar-refractivity contribution < 1.29 is 23.4 Å². The number of aliphatic hydroxyl groups is 1. The van der Waals surface area contributed by atoms with Gasteiger partial charge in [0.05, 0.1) is 17.5 Å². The summed E-state index contributed by atoms with van der Waals surface area (Å²) in [5.74, 6) is -1.35. The van der Waals surface area contributed by atoms with Crippen molar-refractivity contribution in [2.75, 3.05) is 20.2 Å². The van der Waals surface area contributed by atoms with Gasteiger partial charge in [0.25, 0.3) is 0 Å². The molecule has 0 aliphatic heterocycles. The van der Waals surface area contributed by atoms with Crippen LogP contribution in [0.3, 0.4) is 0 Å². The SMILES string of the molecule is Cc1ccc(/C=C/C(=O)[O-])cc1S(=O)(=O)N(C)CCO. The molecule has 0 unspecified atom stereocenters. The van der Waals surface area contributed by atoms with Crippen molar-refractivity contribution in [3.63, 3.8) is 0 Å². The largest absolute Gasteiger partial charge is 0.545 e. The lowest BCUT2D eigenvalue weighted by Crippen LogP contribution is -2.30. The number of carbonyl (C=O) groups is 1. The van der Waals surface area contributed by atoms with Crippen LogP contribution >= 0.6 is 0 Å². The number of aliphatic hydroxyl groups excluding tert-OH is 1. The number of carboxylic acid groups (broad SMARTS) is 1. The number of nitrogens with zero attached hydrogens (tertiary/aromatic N) is 1. The van der Waals surface area contributed by atoms with Gasteiger partial charge in [-0.1, -0.05) is 18.2 Å². The number of rotatable bonds is 6. The Balaban J connectivity index is 3.24. The molecule has 1 rings (SSSR count).